The van der Waals surface area contributed by atoms with Crippen molar-refractivity contribution in [2.75, 3.05) is 6.61 Å². The Kier molecular flexibility index (Phi) is 6.13. The highest BCUT2D eigenvalue weighted by Crippen LogP contribution is 2.23. The summed E-state index contributed by atoms with van der Waals surface area (Å²) in [5.41, 5.74) is 3.30. The molecule has 1 N–H and O–H groups in total. The predicted octanol–water partition coefficient (Wildman–Crippen LogP) is 2.65. The summed E-state index contributed by atoms with van der Waals surface area (Å²) in [6.07, 6.45) is 5.12. The monoisotopic (exact) mass is 302 g/mol. The van der Waals surface area contributed by atoms with Crippen LogP contribution < -0.4 is 5.43 Å². The maximum Gasteiger partial charge on any atom is 0.359 e. The molecule has 0 unspecified atom stereocenters. The Labute approximate surface area is 130 Å². The summed E-state index contributed by atoms with van der Waals surface area (Å²) in [7, 11) is 0. The number of carbonyl (C=O) groups is 2. The molecule has 0 bridgehead atoms. The predicted molar refractivity (Wildman–Crippen MR) is 84.3 cm³/mol. The van der Waals surface area contributed by atoms with Gasteiger partial charge in [-0.05, 0) is 19.8 Å². The summed E-state index contributed by atoms with van der Waals surface area (Å²) in [6.45, 7) is 2.00. The van der Waals surface area contributed by atoms with Gasteiger partial charge in [-0.2, -0.15) is 5.10 Å². The molecule has 118 valence electrons. The van der Waals surface area contributed by atoms with Crippen molar-refractivity contribution in [3.63, 3.8) is 0 Å². The second kappa shape index (κ2) is 8.32. The molecule has 1 saturated carbocycles. The lowest BCUT2D eigenvalue weighted by Crippen LogP contribution is -2.31. The summed E-state index contributed by atoms with van der Waals surface area (Å²) < 4.78 is 5.02. The SMILES string of the molecule is CCOC(=O)C(=NNC(=O)C1CCCCC1)c1ccccc1. The third-order valence-corrected chi connectivity index (χ3v) is 3.77. The van der Waals surface area contributed by atoms with Gasteiger partial charge in [0.2, 0.25) is 5.91 Å². The van der Waals surface area contributed by atoms with E-state index in [4.69, 9.17) is 4.74 Å². The first kappa shape index (κ1) is 16.2. The fourth-order valence-electron chi connectivity index (χ4n) is 2.59. The zero-order valence-electron chi connectivity index (χ0n) is 12.9. The van der Waals surface area contributed by atoms with Gasteiger partial charge >= 0.3 is 5.97 Å². The molecule has 0 aromatic heterocycles. The number of hydrazone groups is 1. The maximum atomic E-state index is 12.1. The molecule has 0 radical (unpaired) electrons. The number of esters is 1. The van der Waals surface area contributed by atoms with Gasteiger partial charge in [0.15, 0.2) is 5.71 Å². The molecule has 1 aliphatic rings. The topological polar surface area (TPSA) is 67.8 Å². The highest BCUT2D eigenvalue weighted by atomic mass is 16.5. The Morgan fingerprint density at radius 2 is 1.86 bits per heavy atom. The van der Waals surface area contributed by atoms with Gasteiger partial charge in [0, 0.05) is 11.5 Å². The highest BCUT2D eigenvalue weighted by Gasteiger charge is 2.22. The Hall–Kier alpha value is -2.17. The lowest BCUT2D eigenvalue weighted by atomic mass is 9.89. The Morgan fingerprint density at radius 1 is 1.18 bits per heavy atom. The van der Waals surface area contributed by atoms with Crippen LogP contribution in [0.25, 0.3) is 0 Å². The number of rotatable bonds is 5. The molecule has 0 atom stereocenters. The van der Waals surface area contributed by atoms with Crippen LogP contribution in [-0.4, -0.2) is 24.2 Å². The average molecular weight is 302 g/mol. The minimum atomic E-state index is -0.530. The lowest BCUT2D eigenvalue weighted by molar-refractivity contribution is -0.134. The molecular formula is C17H22N2O3. The number of amides is 1. The van der Waals surface area contributed by atoms with E-state index in [2.05, 4.69) is 10.5 Å². The van der Waals surface area contributed by atoms with E-state index in [-0.39, 0.29) is 24.1 Å². The van der Waals surface area contributed by atoms with Crippen LogP contribution >= 0.6 is 0 Å². The van der Waals surface area contributed by atoms with E-state index in [0.29, 0.717) is 5.56 Å². The van der Waals surface area contributed by atoms with Crippen LogP contribution in [0.4, 0.5) is 0 Å². The van der Waals surface area contributed by atoms with E-state index in [9.17, 15) is 9.59 Å². The molecule has 0 spiro atoms. The number of ether oxygens (including phenoxy) is 1. The molecule has 1 aliphatic carbocycles. The summed E-state index contributed by atoms with van der Waals surface area (Å²) in [4.78, 5) is 24.2. The minimum absolute atomic E-state index is 0.00304. The molecule has 1 amide bonds. The molecule has 1 aromatic carbocycles. The van der Waals surface area contributed by atoms with Gasteiger partial charge < -0.3 is 4.74 Å². The molecule has 0 heterocycles. The zero-order valence-corrected chi connectivity index (χ0v) is 12.9. The molecule has 2 rings (SSSR count). The summed E-state index contributed by atoms with van der Waals surface area (Å²) >= 11 is 0. The van der Waals surface area contributed by atoms with Crippen LogP contribution in [0.1, 0.15) is 44.6 Å². The highest BCUT2D eigenvalue weighted by molar-refractivity contribution is 6.43. The van der Waals surface area contributed by atoms with Crippen molar-refractivity contribution in [2.45, 2.75) is 39.0 Å². The van der Waals surface area contributed by atoms with Crippen LogP contribution in [-0.2, 0) is 14.3 Å². The largest absolute Gasteiger partial charge is 0.461 e. The van der Waals surface area contributed by atoms with Crippen molar-refractivity contribution >= 4 is 17.6 Å². The first-order chi connectivity index (χ1) is 10.7. The van der Waals surface area contributed by atoms with Crippen molar-refractivity contribution in [3.8, 4) is 0 Å². The number of nitrogens with zero attached hydrogens (tertiary/aromatic N) is 1. The molecule has 5 nitrogen and oxygen atoms in total. The first-order valence-corrected chi connectivity index (χ1v) is 7.82. The van der Waals surface area contributed by atoms with Crippen molar-refractivity contribution in [1.82, 2.24) is 5.43 Å². The molecule has 1 fully saturated rings. The third-order valence-electron chi connectivity index (χ3n) is 3.77. The third kappa shape index (κ3) is 4.41. The molecule has 0 saturated heterocycles. The van der Waals surface area contributed by atoms with Gasteiger partial charge in [-0.3, -0.25) is 4.79 Å². The minimum Gasteiger partial charge on any atom is -0.461 e. The van der Waals surface area contributed by atoms with E-state index in [1.54, 1.807) is 19.1 Å². The van der Waals surface area contributed by atoms with Gasteiger partial charge in [0.25, 0.3) is 0 Å². The van der Waals surface area contributed by atoms with Gasteiger partial charge in [0.05, 0.1) is 6.61 Å². The van der Waals surface area contributed by atoms with Crippen molar-refractivity contribution < 1.29 is 14.3 Å². The van der Waals surface area contributed by atoms with Crippen molar-refractivity contribution in [3.05, 3.63) is 35.9 Å². The van der Waals surface area contributed by atoms with E-state index in [0.717, 1.165) is 25.7 Å². The quantitative estimate of drug-likeness (QED) is 0.516. The smallest absolute Gasteiger partial charge is 0.359 e. The van der Waals surface area contributed by atoms with Crippen molar-refractivity contribution in [2.24, 2.45) is 11.0 Å². The average Bonchev–Trinajstić information content (AvgIpc) is 2.57. The van der Waals surface area contributed by atoms with E-state index >= 15 is 0 Å². The normalized spacial score (nSPS) is 16.1. The fourth-order valence-corrected chi connectivity index (χ4v) is 2.59. The lowest BCUT2D eigenvalue weighted by Gasteiger charge is -2.19. The Morgan fingerprint density at radius 3 is 2.50 bits per heavy atom. The van der Waals surface area contributed by atoms with Crippen LogP contribution in [0.15, 0.2) is 35.4 Å². The first-order valence-electron chi connectivity index (χ1n) is 7.82. The Bertz CT molecular complexity index is 534. The Balaban J connectivity index is 2.10. The van der Waals surface area contributed by atoms with Crippen LogP contribution in [0.2, 0.25) is 0 Å². The molecule has 22 heavy (non-hydrogen) atoms. The number of carbonyl (C=O) groups excluding carboxylic acids is 2. The summed E-state index contributed by atoms with van der Waals surface area (Å²) in [5, 5.41) is 4.03. The van der Waals surface area contributed by atoms with Gasteiger partial charge in [-0.1, -0.05) is 49.6 Å². The second-order valence-electron chi connectivity index (χ2n) is 5.36. The summed E-state index contributed by atoms with van der Waals surface area (Å²) in [5.74, 6) is -0.646. The van der Waals surface area contributed by atoms with Crippen LogP contribution in [0, 0.1) is 5.92 Å². The number of benzene rings is 1. The van der Waals surface area contributed by atoms with Gasteiger partial charge in [-0.15, -0.1) is 0 Å². The molecule has 1 aromatic rings. The summed E-state index contributed by atoms with van der Waals surface area (Å²) in [6, 6.07) is 9.01. The molecule has 0 aliphatic heterocycles. The van der Waals surface area contributed by atoms with Gasteiger partial charge in [-0.25, -0.2) is 10.2 Å². The fraction of sp³-hybridized carbons (Fsp3) is 0.471. The standard InChI is InChI=1S/C17H22N2O3/c1-2-22-17(21)15(13-9-5-3-6-10-13)18-19-16(20)14-11-7-4-8-12-14/h3,5-6,9-10,14H,2,4,7-8,11-12H2,1H3,(H,19,20). The van der Waals surface area contributed by atoms with Gasteiger partial charge in [0.1, 0.15) is 0 Å². The number of nitrogens with one attached hydrogen (secondary N) is 1. The van der Waals surface area contributed by atoms with Crippen molar-refractivity contribution in [1.29, 1.82) is 0 Å². The molecule has 5 heteroatoms. The second-order valence-corrected chi connectivity index (χ2v) is 5.36. The van der Waals surface area contributed by atoms with E-state index in [1.807, 2.05) is 18.2 Å². The molecular weight excluding hydrogens is 280 g/mol. The number of hydrogen-bond donors (Lipinski definition) is 1. The van der Waals surface area contributed by atoms with E-state index < -0.39 is 5.97 Å². The maximum absolute atomic E-state index is 12.1. The van der Waals surface area contributed by atoms with Crippen LogP contribution in [0.5, 0.6) is 0 Å². The number of hydrogen-bond acceptors (Lipinski definition) is 4. The zero-order chi connectivity index (χ0) is 15.8. The van der Waals surface area contributed by atoms with E-state index in [1.165, 1.54) is 6.42 Å². The van der Waals surface area contributed by atoms with Crippen LogP contribution in [0.3, 0.4) is 0 Å².